The summed E-state index contributed by atoms with van der Waals surface area (Å²) in [6.45, 7) is 8.64. The van der Waals surface area contributed by atoms with E-state index in [0.29, 0.717) is 10.8 Å². The Hall–Kier alpha value is -0.620. The minimum absolute atomic E-state index is 0.0707. The minimum Gasteiger partial charge on any atom is -0.312 e. The molecule has 1 heterocycles. The number of alkyl halides is 3. The van der Waals surface area contributed by atoms with Gasteiger partial charge in [-0.2, -0.15) is 13.2 Å². The lowest BCUT2D eigenvalue weighted by molar-refractivity contribution is -0.137. The SMILES string of the molecule is CNC(c1cnc(C(F)(F)F)s1)C1C(C)(C)C1(C)C. The van der Waals surface area contributed by atoms with Gasteiger partial charge in [-0.25, -0.2) is 4.98 Å². The normalized spacial score (nSPS) is 23.4. The molecule has 0 amide bonds. The molecule has 1 aliphatic rings. The van der Waals surface area contributed by atoms with Gasteiger partial charge in [0.2, 0.25) is 0 Å². The fourth-order valence-corrected chi connectivity index (χ4v) is 4.05. The molecule has 1 aromatic rings. The third kappa shape index (κ3) is 2.18. The second kappa shape index (κ2) is 4.19. The number of thiazole rings is 1. The number of nitrogens with one attached hydrogen (secondary N) is 1. The van der Waals surface area contributed by atoms with Gasteiger partial charge in [0.25, 0.3) is 0 Å². The zero-order chi connectivity index (χ0) is 14.6. The lowest BCUT2D eigenvalue weighted by atomic mass is 10.0. The highest BCUT2D eigenvalue weighted by Gasteiger charge is 2.67. The molecule has 19 heavy (non-hydrogen) atoms. The van der Waals surface area contributed by atoms with Crippen LogP contribution < -0.4 is 5.32 Å². The number of aromatic nitrogens is 1. The average Bonchev–Trinajstić information content (AvgIpc) is 2.69. The summed E-state index contributed by atoms with van der Waals surface area (Å²) in [6.07, 6.45) is -2.99. The van der Waals surface area contributed by atoms with Crippen molar-refractivity contribution in [2.24, 2.45) is 16.7 Å². The summed E-state index contributed by atoms with van der Waals surface area (Å²) in [5.74, 6) is 0.312. The van der Waals surface area contributed by atoms with Gasteiger partial charge in [0.1, 0.15) is 0 Å². The van der Waals surface area contributed by atoms with Crippen LogP contribution in [-0.2, 0) is 6.18 Å². The van der Waals surface area contributed by atoms with Crippen molar-refractivity contribution in [3.63, 3.8) is 0 Å². The molecule has 2 rings (SSSR count). The molecule has 1 N–H and O–H groups in total. The first-order chi connectivity index (χ1) is 8.53. The summed E-state index contributed by atoms with van der Waals surface area (Å²) >= 11 is 0.744. The molecule has 6 heteroatoms. The van der Waals surface area contributed by atoms with Crippen LogP contribution in [0.3, 0.4) is 0 Å². The van der Waals surface area contributed by atoms with Crippen LogP contribution in [-0.4, -0.2) is 12.0 Å². The van der Waals surface area contributed by atoms with Crippen LogP contribution >= 0.6 is 11.3 Å². The van der Waals surface area contributed by atoms with E-state index in [1.54, 1.807) is 7.05 Å². The molecule has 0 aromatic carbocycles. The maximum absolute atomic E-state index is 12.6. The van der Waals surface area contributed by atoms with Crippen molar-refractivity contribution in [2.75, 3.05) is 7.05 Å². The summed E-state index contributed by atoms with van der Waals surface area (Å²) in [5.41, 5.74) is 0.228. The molecule has 0 spiro atoms. The Morgan fingerprint density at radius 3 is 2.11 bits per heavy atom. The zero-order valence-electron chi connectivity index (χ0n) is 11.7. The monoisotopic (exact) mass is 292 g/mol. The van der Waals surface area contributed by atoms with Gasteiger partial charge in [-0.15, -0.1) is 11.3 Å². The molecule has 1 unspecified atom stereocenters. The molecule has 0 saturated heterocycles. The van der Waals surface area contributed by atoms with E-state index in [0.717, 1.165) is 11.3 Å². The van der Waals surface area contributed by atoms with E-state index in [2.05, 4.69) is 38.0 Å². The lowest BCUT2D eigenvalue weighted by Crippen LogP contribution is -2.20. The quantitative estimate of drug-likeness (QED) is 0.907. The van der Waals surface area contributed by atoms with Gasteiger partial charge < -0.3 is 5.32 Å². The Morgan fingerprint density at radius 2 is 1.79 bits per heavy atom. The first kappa shape index (κ1) is 14.8. The van der Waals surface area contributed by atoms with Gasteiger partial charge in [-0.1, -0.05) is 27.7 Å². The smallest absolute Gasteiger partial charge is 0.312 e. The topological polar surface area (TPSA) is 24.9 Å². The Balaban J connectivity index is 2.28. The van der Waals surface area contributed by atoms with Gasteiger partial charge >= 0.3 is 6.18 Å². The second-order valence-electron chi connectivity index (χ2n) is 6.25. The molecule has 0 aliphatic heterocycles. The van der Waals surface area contributed by atoms with E-state index in [1.807, 2.05) is 0 Å². The van der Waals surface area contributed by atoms with Crippen molar-refractivity contribution in [1.82, 2.24) is 10.3 Å². The van der Waals surface area contributed by atoms with Gasteiger partial charge in [0.05, 0.1) is 0 Å². The van der Waals surface area contributed by atoms with E-state index >= 15 is 0 Å². The number of hydrogen-bond acceptors (Lipinski definition) is 3. The van der Waals surface area contributed by atoms with E-state index in [4.69, 9.17) is 0 Å². The highest BCUT2D eigenvalue weighted by atomic mass is 32.1. The summed E-state index contributed by atoms with van der Waals surface area (Å²) in [6, 6.07) is -0.0707. The molecule has 1 aromatic heterocycles. The van der Waals surface area contributed by atoms with Crippen molar-refractivity contribution >= 4 is 11.3 Å². The van der Waals surface area contributed by atoms with Gasteiger partial charge in [0.15, 0.2) is 5.01 Å². The van der Waals surface area contributed by atoms with Crippen LogP contribution in [0.2, 0.25) is 0 Å². The molecule has 1 aliphatic carbocycles. The lowest BCUT2D eigenvalue weighted by Gasteiger charge is -2.16. The third-order valence-corrected chi connectivity index (χ3v) is 5.97. The molecule has 2 nitrogen and oxygen atoms in total. The second-order valence-corrected chi connectivity index (χ2v) is 7.32. The maximum atomic E-state index is 12.6. The van der Waals surface area contributed by atoms with Crippen LogP contribution in [0.4, 0.5) is 13.2 Å². The largest absolute Gasteiger partial charge is 0.443 e. The molecule has 1 atom stereocenters. The highest BCUT2D eigenvalue weighted by molar-refractivity contribution is 7.11. The summed E-state index contributed by atoms with van der Waals surface area (Å²) in [5, 5.41) is 2.39. The fraction of sp³-hybridized carbons (Fsp3) is 0.769. The summed E-state index contributed by atoms with van der Waals surface area (Å²) in [4.78, 5) is 4.18. The van der Waals surface area contributed by atoms with Crippen molar-refractivity contribution in [3.8, 4) is 0 Å². The molecule has 1 fully saturated rings. The third-order valence-electron chi connectivity index (χ3n) is 4.85. The first-order valence-corrected chi connectivity index (χ1v) is 7.05. The fourth-order valence-electron chi connectivity index (χ4n) is 3.12. The van der Waals surface area contributed by atoms with Gasteiger partial charge in [-0.05, 0) is 23.8 Å². The van der Waals surface area contributed by atoms with Gasteiger partial charge in [0, 0.05) is 17.1 Å². The molecule has 0 radical (unpaired) electrons. The summed E-state index contributed by atoms with van der Waals surface area (Å²) < 4.78 is 37.9. The van der Waals surface area contributed by atoms with Crippen molar-refractivity contribution in [3.05, 3.63) is 16.1 Å². The van der Waals surface area contributed by atoms with Crippen LogP contribution in [0.15, 0.2) is 6.20 Å². The maximum Gasteiger partial charge on any atom is 0.443 e. The molecular formula is C13H19F3N2S. The zero-order valence-corrected chi connectivity index (χ0v) is 12.5. The van der Waals surface area contributed by atoms with E-state index in [-0.39, 0.29) is 16.9 Å². The van der Waals surface area contributed by atoms with Crippen LogP contribution in [0.25, 0.3) is 0 Å². The molecular weight excluding hydrogens is 273 g/mol. The van der Waals surface area contributed by atoms with Crippen molar-refractivity contribution in [1.29, 1.82) is 0 Å². The Bertz CT molecular complexity index is 462. The Morgan fingerprint density at radius 1 is 1.26 bits per heavy atom. The van der Waals surface area contributed by atoms with Gasteiger partial charge in [-0.3, -0.25) is 0 Å². The summed E-state index contributed by atoms with van der Waals surface area (Å²) in [7, 11) is 1.79. The predicted octanol–water partition coefficient (Wildman–Crippen LogP) is 4.10. The van der Waals surface area contributed by atoms with Crippen LogP contribution in [0, 0.1) is 16.7 Å². The standard InChI is InChI=1S/C13H19F3N2S/c1-11(2)9(12(11,3)4)8(17-5)7-6-18-10(19-7)13(14,15)16/h6,8-9,17H,1-5H3. The Labute approximate surface area is 115 Å². The molecule has 0 bridgehead atoms. The first-order valence-electron chi connectivity index (χ1n) is 6.23. The van der Waals surface area contributed by atoms with Crippen molar-refractivity contribution < 1.29 is 13.2 Å². The van der Waals surface area contributed by atoms with Crippen LogP contribution in [0.5, 0.6) is 0 Å². The molecule has 108 valence electrons. The van der Waals surface area contributed by atoms with E-state index in [9.17, 15) is 13.2 Å². The highest BCUT2D eigenvalue weighted by Crippen LogP contribution is 2.72. The number of rotatable bonds is 3. The van der Waals surface area contributed by atoms with E-state index < -0.39 is 11.2 Å². The number of halogens is 3. The van der Waals surface area contributed by atoms with Crippen molar-refractivity contribution in [2.45, 2.75) is 39.9 Å². The number of hydrogen-bond donors (Lipinski definition) is 1. The average molecular weight is 292 g/mol. The van der Waals surface area contributed by atoms with E-state index in [1.165, 1.54) is 6.20 Å². The minimum atomic E-state index is -4.35. The number of nitrogens with zero attached hydrogens (tertiary/aromatic N) is 1. The Kier molecular flexibility index (Phi) is 3.26. The predicted molar refractivity (Wildman–Crippen MR) is 70.0 cm³/mol. The van der Waals surface area contributed by atoms with Crippen LogP contribution in [0.1, 0.15) is 43.6 Å². The molecule has 1 saturated carbocycles.